The smallest absolute Gasteiger partial charge is 0.277 e. The molecular formula is C15H15ClN6O. The van der Waals surface area contributed by atoms with Gasteiger partial charge in [0.05, 0.1) is 17.8 Å². The number of anilines is 1. The third-order valence-electron chi connectivity index (χ3n) is 3.34. The standard InChI is InChI=1S/C15H15ClN6O/c1-10-3-5-11(6-4-10)8-22-9-17-15(20-22)19-14(23)13-12(16)7-18-21(13)2/h3-7,9H,8H2,1-2H3,(H,19,20,23). The van der Waals surface area contributed by atoms with Crippen molar-refractivity contribution in [3.05, 3.63) is 58.6 Å². The highest BCUT2D eigenvalue weighted by Crippen LogP contribution is 2.15. The molecule has 0 aliphatic carbocycles. The zero-order valence-corrected chi connectivity index (χ0v) is 13.4. The van der Waals surface area contributed by atoms with Gasteiger partial charge >= 0.3 is 0 Å². The van der Waals surface area contributed by atoms with Crippen LogP contribution in [0.5, 0.6) is 0 Å². The molecule has 0 saturated carbocycles. The van der Waals surface area contributed by atoms with Gasteiger partial charge in [-0.15, -0.1) is 5.10 Å². The van der Waals surface area contributed by atoms with Crippen molar-refractivity contribution < 1.29 is 4.79 Å². The number of rotatable bonds is 4. The highest BCUT2D eigenvalue weighted by molar-refractivity contribution is 6.34. The van der Waals surface area contributed by atoms with E-state index in [1.54, 1.807) is 18.1 Å². The first kappa shape index (κ1) is 15.2. The minimum Gasteiger partial charge on any atom is -0.288 e. The Morgan fingerprint density at radius 1 is 1.30 bits per heavy atom. The number of nitrogens with one attached hydrogen (secondary N) is 1. The Labute approximate surface area is 137 Å². The van der Waals surface area contributed by atoms with E-state index in [1.165, 1.54) is 16.4 Å². The third-order valence-corrected chi connectivity index (χ3v) is 3.61. The number of aryl methyl sites for hydroxylation is 2. The van der Waals surface area contributed by atoms with Crippen molar-refractivity contribution in [2.75, 3.05) is 5.32 Å². The van der Waals surface area contributed by atoms with Crippen LogP contribution in [0.3, 0.4) is 0 Å². The molecule has 0 bridgehead atoms. The fourth-order valence-electron chi connectivity index (χ4n) is 2.14. The average molecular weight is 331 g/mol. The zero-order chi connectivity index (χ0) is 16.4. The van der Waals surface area contributed by atoms with E-state index in [0.29, 0.717) is 6.54 Å². The maximum Gasteiger partial charge on any atom is 0.277 e. The molecular weight excluding hydrogens is 316 g/mol. The van der Waals surface area contributed by atoms with Crippen molar-refractivity contribution in [1.82, 2.24) is 24.5 Å². The first-order chi connectivity index (χ1) is 11.0. The summed E-state index contributed by atoms with van der Waals surface area (Å²) in [6.07, 6.45) is 2.99. The lowest BCUT2D eigenvalue weighted by molar-refractivity contribution is 0.101. The van der Waals surface area contributed by atoms with Crippen LogP contribution in [0.2, 0.25) is 5.02 Å². The molecule has 0 saturated heterocycles. The molecule has 0 aliphatic heterocycles. The largest absolute Gasteiger partial charge is 0.288 e. The highest BCUT2D eigenvalue weighted by atomic mass is 35.5. The second-order valence-electron chi connectivity index (χ2n) is 5.17. The van der Waals surface area contributed by atoms with Crippen molar-refractivity contribution >= 4 is 23.5 Å². The number of carbonyl (C=O) groups excluding carboxylic acids is 1. The second kappa shape index (κ2) is 6.21. The Balaban J connectivity index is 1.70. The fourth-order valence-corrected chi connectivity index (χ4v) is 2.39. The van der Waals surface area contributed by atoms with Crippen LogP contribution in [0.25, 0.3) is 0 Å². The summed E-state index contributed by atoms with van der Waals surface area (Å²) < 4.78 is 3.06. The van der Waals surface area contributed by atoms with Gasteiger partial charge in [0.25, 0.3) is 5.91 Å². The molecule has 2 aromatic heterocycles. The minimum absolute atomic E-state index is 0.222. The molecule has 0 fully saturated rings. The molecule has 1 N–H and O–H groups in total. The van der Waals surface area contributed by atoms with Crippen LogP contribution in [0, 0.1) is 6.92 Å². The van der Waals surface area contributed by atoms with E-state index in [-0.39, 0.29) is 16.7 Å². The van der Waals surface area contributed by atoms with Crippen molar-refractivity contribution in [1.29, 1.82) is 0 Å². The summed E-state index contributed by atoms with van der Waals surface area (Å²) in [7, 11) is 1.64. The van der Waals surface area contributed by atoms with Crippen LogP contribution >= 0.6 is 11.6 Å². The molecule has 7 nitrogen and oxygen atoms in total. The molecule has 0 aliphatic rings. The number of hydrogen-bond donors (Lipinski definition) is 1. The lowest BCUT2D eigenvalue weighted by atomic mass is 10.1. The normalized spacial score (nSPS) is 10.7. The van der Waals surface area contributed by atoms with Gasteiger partial charge in [-0.2, -0.15) is 5.10 Å². The van der Waals surface area contributed by atoms with Crippen molar-refractivity contribution in [3.63, 3.8) is 0 Å². The number of amides is 1. The molecule has 8 heteroatoms. The van der Waals surface area contributed by atoms with Gasteiger partial charge in [0.2, 0.25) is 5.95 Å². The van der Waals surface area contributed by atoms with E-state index >= 15 is 0 Å². The summed E-state index contributed by atoms with van der Waals surface area (Å²) in [5.74, 6) is -0.178. The van der Waals surface area contributed by atoms with Crippen LogP contribution in [-0.2, 0) is 13.6 Å². The Bertz CT molecular complexity index is 817. The number of hydrogen-bond acceptors (Lipinski definition) is 4. The first-order valence-electron chi connectivity index (χ1n) is 6.97. The van der Waals surface area contributed by atoms with E-state index in [4.69, 9.17) is 11.6 Å². The van der Waals surface area contributed by atoms with Crippen LogP contribution in [0.1, 0.15) is 21.6 Å². The van der Waals surface area contributed by atoms with E-state index in [2.05, 4.69) is 20.5 Å². The van der Waals surface area contributed by atoms with Crippen LogP contribution in [-0.4, -0.2) is 30.5 Å². The second-order valence-corrected chi connectivity index (χ2v) is 5.58. The fraction of sp³-hybridized carbons (Fsp3) is 0.200. The summed E-state index contributed by atoms with van der Waals surface area (Å²) >= 11 is 5.94. The molecule has 1 amide bonds. The molecule has 3 aromatic rings. The quantitative estimate of drug-likeness (QED) is 0.796. The Hall–Kier alpha value is -2.67. The van der Waals surface area contributed by atoms with Gasteiger partial charge in [-0.1, -0.05) is 41.4 Å². The Morgan fingerprint density at radius 3 is 2.70 bits per heavy atom. The lowest BCUT2D eigenvalue weighted by Gasteiger charge is -2.03. The summed E-state index contributed by atoms with van der Waals surface area (Å²) in [6.45, 7) is 2.62. The van der Waals surface area contributed by atoms with Gasteiger partial charge in [-0.05, 0) is 12.5 Å². The number of halogens is 1. The van der Waals surface area contributed by atoms with Gasteiger partial charge in [0.15, 0.2) is 0 Å². The zero-order valence-electron chi connectivity index (χ0n) is 12.7. The lowest BCUT2D eigenvalue weighted by Crippen LogP contribution is -2.17. The molecule has 0 unspecified atom stereocenters. The Kier molecular flexibility index (Phi) is 4.12. The number of carbonyl (C=O) groups is 1. The summed E-state index contributed by atoms with van der Waals surface area (Å²) in [4.78, 5) is 16.3. The van der Waals surface area contributed by atoms with Gasteiger partial charge < -0.3 is 0 Å². The van der Waals surface area contributed by atoms with Gasteiger partial charge in [0.1, 0.15) is 12.0 Å². The monoisotopic (exact) mass is 330 g/mol. The van der Waals surface area contributed by atoms with E-state index in [9.17, 15) is 4.79 Å². The third kappa shape index (κ3) is 3.40. The van der Waals surface area contributed by atoms with Crippen molar-refractivity contribution in [2.24, 2.45) is 7.05 Å². The predicted octanol–water partition coefficient (Wildman–Crippen LogP) is 2.27. The molecule has 0 spiro atoms. The van der Waals surface area contributed by atoms with E-state index in [0.717, 1.165) is 5.56 Å². The summed E-state index contributed by atoms with van der Waals surface area (Å²) in [6, 6.07) is 8.15. The number of aromatic nitrogens is 5. The van der Waals surface area contributed by atoms with Crippen molar-refractivity contribution in [2.45, 2.75) is 13.5 Å². The molecule has 23 heavy (non-hydrogen) atoms. The van der Waals surface area contributed by atoms with Gasteiger partial charge in [0, 0.05) is 7.05 Å². The minimum atomic E-state index is -0.400. The number of nitrogens with zero attached hydrogens (tertiary/aromatic N) is 5. The highest BCUT2D eigenvalue weighted by Gasteiger charge is 2.17. The molecule has 2 heterocycles. The maximum atomic E-state index is 12.2. The molecule has 118 valence electrons. The van der Waals surface area contributed by atoms with Crippen molar-refractivity contribution in [3.8, 4) is 0 Å². The number of benzene rings is 1. The average Bonchev–Trinajstić information content (AvgIpc) is 3.08. The molecule has 0 atom stereocenters. The Morgan fingerprint density at radius 2 is 2.04 bits per heavy atom. The van der Waals surface area contributed by atoms with Gasteiger partial charge in [-0.3, -0.25) is 14.8 Å². The predicted molar refractivity (Wildman–Crippen MR) is 86.5 cm³/mol. The van der Waals surface area contributed by atoms with E-state index < -0.39 is 5.91 Å². The first-order valence-corrected chi connectivity index (χ1v) is 7.34. The summed E-state index contributed by atoms with van der Waals surface area (Å²) in [5.41, 5.74) is 2.57. The van der Waals surface area contributed by atoms with Crippen LogP contribution < -0.4 is 5.32 Å². The van der Waals surface area contributed by atoms with Crippen LogP contribution in [0.4, 0.5) is 5.95 Å². The van der Waals surface area contributed by atoms with Gasteiger partial charge in [-0.25, -0.2) is 9.67 Å². The molecule has 1 aromatic carbocycles. The summed E-state index contributed by atoms with van der Waals surface area (Å²) in [5, 5.41) is 11.1. The molecule has 3 rings (SSSR count). The molecule has 0 radical (unpaired) electrons. The maximum absolute atomic E-state index is 12.2. The SMILES string of the molecule is Cc1ccc(Cn2cnc(NC(=O)c3c(Cl)cnn3C)n2)cc1. The van der Waals surface area contributed by atoms with E-state index in [1.807, 2.05) is 31.2 Å². The van der Waals surface area contributed by atoms with Crippen LogP contribution in [0.15, 0.2) is 36.8 Å². The topological polar surface area (TPSA) is 77.6 Å².